The highest BCUT2D eigenvalue weighted by Gasteiger charge is 2.22. The van der Waals surface area contributed by atoms with E-state index in [0.717, 1.165) is 38.0 Å². The normalized spacial score (nSPS) is 16.9. The smallest absolute Gasteiger partial charge is 0.253 e. The molecule has 0 radical (unpaired) electrons. The molecule has 18 heavy (non-hydrogen) atoms. The number of likely N-dealkylation sites (tertiary alicyclic amines) is 1. The molecule has 1 aromatic carbocycles. The lowest BCUT2D eigenvalue weighted by molar-refractivity contribution is 0.0693. The van der Waals surface area contributed by atoms with Gasteiger partial charge in [0.25, 0.3) is 5.91 Å². The van der Waals surface area contributed by atoms with E-state index in [0.29, 0.717) is 16.5 Å². The van der Waals surface area contributed by atoms with E-state index in [2.05, 4.69) is 0 Å². The van der Waals surface area contributed by atoms with Gasteiger partial charge in [0.15, 0.2) is 0 Å². The Morgan fingerprint density at radius 1 is 1.44 bits per heavy atom. The summed E-state index contributed by atoms with van der Waals surface area (Å²) >= 11 is 6.06. The van der Waals surface area contributed by atoms with Crippen molar-refractivity contribution >= 4 is 17.5 Å². The van der Waals surface area contributed by atoms with Gasteiger partial charge in [0.2, 0.25) is 0 Å². The lowest BCUT2D eigenvalue weighted by Crippen LogP contribution is -2.40. The molecule has 1 aliphatic rings. The van der Waals surface area contributed by atoms with Crippen LogP contribution in [0.1, 0.15) is 28.8 Å². The fraction of sp³-hybridized carbons (Fsp3) is 0.500. The predicted octanol–water partition coefficient (Wildman–Crippen LogP) is 2.46. The van der Waals surface area contributed by atoms with Gasteiger partial charge in [0.05, 0.1) is 0 Å². The number of amides is 1. The summed E-state index contributed by atoms with van der Waals surface area (Å²) in [4.78, 5) is 14.2. The number of piperidine rings is 1. The van der Waals surface area contributed by atoms with Gasteiger partial charge in [-0.05, 0) is 49.9 Å². The van der Waals surface area contributed by atoms with Crippen molar-refractivity contribution in [2.45, 2.75) is 19.8 Å². The van der Waals surface area contributed by atoms with Crippen LogP contribution in [0.4, 0.5) is 0 Å². The van der Waals surface area contributed by atoms with E-state index in [1.165, 1.54) is 0 Å². The van der Waals surface area contributed by atoms with Gasteiger partial charge >= 0.3 is 0 Å². The molecular formula is C14H19ClN2O. The third kappa shape index (κ3) is 2.85. The molecule has 1 fully saturated rings. The van der Waals surface area contributed by atoms with Crippen LogP contribution in [0, 0.1) is 12.8 Å². The molecule has 0 saturated carbocycles. The van der Waals surface area contributed by atoms with E-state index in [4.69, 9.17) is 17.3 Å². The highest BCUT2D eigenvalue weighted by Crippen LogP contribution is 2.21. The number of hydrogen-bond acceptors (Lipinski definition) is 2. The molecule has 0 spiro atoms. The summed E-state index contributed by atoms with van der Waals surface area (Å²) in [5, 5.41) is 0.651. The van der Waals surface area contributed by atoms with Crippen LogP contribution >= 0.6 is 11.6 Å². The van der Waals surface area contributed by atoms with Gasteiger partial charge in [-0.25, -0.2) is 0 Å². The maximum atomic E-state index is 12.3. The van der Waals surface area contributed by atoms with Gasteiger partial charge in [-0.2, -0.15) is 0 Å². The van der Waals surface area contributed by atoms with Crippen molar-refractivity contribution in [3.05, 3.63) is 34.3 Å². The second-order valence-corrected chi connectivity index (χ2v) is 5.34. The van der Waals surface area contributed by atoms with Crippen LogP contribution in [0.15, 0.2) is 18.2 Å². The lowest BCUT2D eigenvalue weighted by atomic mass is 9.96. The van der Waals surface area contributed by atoms with Crippen LogP contribution in [0.25, 0.3) is 0 Å². The molecule has 98 valence electrons. The largest absolute Gasteiger partial charge is 0.339 e. The first-order valence-corrected chi connectivity index (χ1v) is 6.75. The second-order valence-electron chi connectivity index (χ2n) is 4.94. The van der Waals surface area contributed by atoms with Gasteiger partial charge in [-0.15, -0.1) is 0 Å². The topological polar surface area (TPSA) is 46.3 Å². The van der Waals surface area contributed by atoms with E-state index >= 15 is 0 Å². The summed E-state index contributed by atoms with van der Waals surface area (Å²) in [5.41, 5.74) is 7.32. The van der Waals surface area contributed by atoms with Crippen molar-refractivity contribution in [3.63, 3.8) is 0 Å². The number of carbonyl (C=O) groups excluding carboxylic acids is 1. The molecule has 0 aliphatic carbocycles. The van der Waals surface area contributed by atoms with Gasteiger partial charge < -0.3 is 10.6 Å². The minimum Gasteiger partial charge on any atom is -0.339 e. The maximum Gasteiger partial charge on any atom is 0.253 e. The number of carbonyl (C=O) groups is 1. The van der Waals surface area contributed by atoms with E-state index < -0.39 is 0 Å². The first kappa shape index (κ1) is 13.4. The van der Waals surface area contributed by atoms with Crippen molar-refractivity contribution in [2.75, 3.05) is 19.6 Å². The van der Waals surface area contributed by atoms with Crippen LogP contribution in [0.3, 0.4) is 0 Å². The number of aryl methyl sites for hydroxylation is 1. The van der Waals surface area contributed by atoms with Crippen LogP contribution in [-0.4, -0.2) is 30.4 Å². The second kappa shape index (κ2) is 5.72. The Balaban J connectivity index is 2.05. The van der Waals surface area contributed by atoms with Crippen LogP contribution in [0.5, 0.6) is 0 Å². The molecule has 2 rings (SSSR count). The van der Waals surface area contributed by atoms with Crippen molar-refractivity contribution in [2.24, 2.45) is 11.7 Å². The van der Waals surface area contributed by atoms with Crippen LogP contribution in [-0.2, 0) is 0 Å². The molecule has 1 aromatic rings. The third-order valence-corrected chi connectivity index (χ3v) is 4.06. The standard InChI is InChI=1S/C14H19ClN2O/c1-10-2-3-12(8-13(10)15)14(18)17-6-4-11(9-16)5-7-17/h2-3,8,11H,4-7,9,16H2,1H3. The van der Waals surface area contributed by atoms with E-state index in [9.17, 15) is 4.79 Å². The van der Waals surface area contributed by atoms with Crippen molar-refractivity contribution < 1.29 is 4.79 Å². The summed E-state index contributed by atoms with van der Waals surface area (Å²) in [6.45, 7) is 4.25. The summed E-state index contributed by atoms with van der Waals surface area (Å²) in [5.74, 6) is 0.642. The minimum atomic E-state index is 0.0763. The number of hydrogen-bond donors (Lipinski definition) is 1. The quantitative estimate of drug-likeness (QED) is 0.894. The van der Waals surface area contributed by atoms with Gasteiger partial charge in [0, 0.05) is 23.7 Å². The fourth-order valence-corrected chi connectivity index (χ4v) is 2.46. The molecule has 0 aromatic heterocycles. The molecule has 1 amide bonds. The van der Waals surface area contributed by atoms with Gasteiger partial charge in [-0.1, -0.05) is 17.7 Å². The molecule has 1 heterocycles. The average Bonchev–Trinajstić information content (AvgIpc) is 2.41. The van der Waals surface area contributed by atoms with Gasteiger partial charge in [-0.3, -0.25) is 4.79 Å². The van der Waals surface area contributed by atoms with Crippen molar-refractivity contribution in [1.82, 2.24) is 4.90 Å². The Bertz CT molecular complexity index is 439. The van der Waals surface area contributed by atoms with Gasteiger partial charge in [0.1, 0.15) is 0 Å². The first-order chi connectivity index (χ1) is 8.61. The molecule has 1 saturated heterocycles. The Morgan fingerprint density at radius 2 is 2.11 bits per heavy atom. The highest BCUT2D eigenvalue weighted by molar-refractivity contribution is 6.31. The Hall–Kier alpha value is -1.06. The summed E-state index contributed by atoms with van der Waals surface area (Å²) in [7, 11) is 0. The Morgan fingerprint density at radius 3 is 2.67 bits per heavy atom. The zero-order valence-corrected chi connectivity index (χ0v) is 11.4. The highest BCUT2D eigenvalue weighted by atomic mass is 35.5. The Labute approximate surface area is 113 Å². The number of nitrogens with two attached hydrogens (primary N) is 1. The summed E-state index contributed by atoms with van der Waals surface area (Å²) in [6.07, 6.45) is 2.00. The predicted molar refractivity (Wildman–Crippen MR) is 73.9 cm³/mol. The van der Waals surface area contributed by atoms with Crippen molar-refractivity contribution in [1.29, 1.82) is 0 Å². The molecule has 0 atom stereocenters. The maximum absolute atomic E-state index is 12.3. The Kier molecular flexibility index (Phi) is 4.25. The fourth-order valence-electron chi connectivity index (χ4n) is 2.28. The number of rotatable bonds is 2. The van der Waals surface area contributed by atoms with E-state index in [-0.39, 0.29) is 5.91 Å². The average molecular weight is 267 g/mol. The lowest BCUT2D eigenvalue weighted by Gasteiger charge is -2.31. The number of nitrogens with zero attached hydrogens (tertiary/aromatic N) is 1. The summed E-state index contributed by atoms with van der Waals surface area (Å²) in [6, 6.07) is 5.50. The zero-order chi connectivity index (χ0) is 13.1. The molecule has 0 bridgehead atoms. The molecule has 1 aliphatic heterocycles. The van der Waals surface area contributed by atoms with Crippen LogP contribution < -0.4 is 5.73 Å². The van der Waals surface area contributed by atoms with Crippen LogP contribution in [0.2, 0.25) is 5.02 Å². The first-order valence-electron chi connectivity index (χ1n) is 6.37. The number of benzene rings is 1. The third-order valence-electron chi connectivity index (χ3n) is 3.65. The molecule has 0 unspecified atom stereocenters. The SMILES string of the molecule is Cc1ccc(C(=O)N2CCC(CN)CC2)cc1Cl. The van der Waals surface area contributed by atoms with E-state index in [1.807, 2.05) is 24.0 Å². The monoisotopic (exact) mass is 266 g/mol. The minimum absolute atomic E-state index is 0.0763. The molecule has 4 heteroatoms. The number of halogens is 1. The van der Waals surface area contributed by atoms with Crippen molar-refractivity contribution in [3.8, 4) is 0 Å². The zero-order valence-electron chi connectivity index (χ0n) is 10.7. The molecule has 2 N–H and O–H groups in total. The summed E-state index contributed by atoms with van der Waals surface area (Å²) < 4.78 is 0. The molecular weight excluding hydrogens is 248 g/mol. The molecule has 3 nitrogen and oxygen atoms in total. The van der Waals surface area contributed by atoms with E-state index in [1.54, 1.807) is 6.07 Å².